The molecule has 4 nitrogen and oxygen atoms in total. The maximum absolute atomic E-state index is 11.2. The highest BCUT2D eigenvalue weighted by molar-refractivity contribution is 7.99. The third-order valence-corrected chi connectivity index (χ3v) is 3.94. The summed E-state index contributed by atoms with van der Waals surface area (Å²) in [6, 6.07) is 5.51. The fourth-order valence-corrected chi connectivity index (χ4v) is 2.85. The Kier molecular flexibility index (Phi) is 3.78. The average Bonchev–Trinajstić information content (AvgIpc) is 2.58. The molecule has 0 bridgehead atoms. The number of nitrogens with zero attached hydrogens (tertiary/aromatic N) is 1. The summed E-state index contributed by atoms with van der Waals surface area (Å²) in [5, 5.41) is 0. The number of carbonyl (C=O) groups is 1. The normalized spacial score (nSPS) is 16.6. The fourth-order valence-electron chi connectivity index (χ4n) is 1.96. The van der Waals surface area contributed by atoms with Crippen molar-refractivity contribution in [3.8, 4) is 0 Å². The predicted octanol–water partition coefficient (Wildman–Crippen LogP) is 1.31. The Bertz CT molecular complexity index is 414. The first kappa shape index (κ1) is 12.1. The van der Waals surface area contributed by atoms with E-state index in [0.717, 1.165) is 24.5 Å². The van der Waals surface area contributed by atoms with Crippen molar-refractivity contribution < 1.29 is 4.79 Å². The molecule has 0 radical (unpaired) electrons. The monoisotopic (exact) mass is 251 g/mol. The predicted molar refractivity (Wildman–Crippen MR) is 73.5 cm³/mol. The summed E-state index contributed by atoms with van der Waals surface area (Å²) < 4.78 is 0. The molecule has 1 aromatic rings. The number of thioether (sulfide) groups is 1. The number of hydrogen-bond acceptors (Lipinski definition) is 4. The van der Waals surface area contributed by atoms with Crippen LogP contribution in [0.3, 0.4) is 0 Å². The second-order valence-corrected chi connectivity index (χ2v) is 5.31. The Labute approximate surface area is 105 Å². The molecule has 1 fully saturated rings. The van der Waals surface area contributed by atoms with Crippen molar-refractivity contribution in [2.45, 2.75) is 6.42 Å². The molecular weight excluding hydrogens is 234 g/mol. The summed E-state index contributed by atoms with van der Waals surface area (Å²) in [7, 11) is 0. The Morgan fingerprint density at radius 3 is 2.88 bits per heavy atom. The van der Waals surface area contributed by atoms with Crippen LogP contribution in [0.25, 0.3) is 0 Å². The number of carbonyl (C=O) groups excluding carboxylic acids is 1. The van der Waals surface area contributed by atoms with Crippen molar-refractivity contribution in [2.75, 3.05) is 35.2 Å². The largest absolute Gasteiger partial charge is 0.398 e. The van der Waals surface area contributed by atoms with Gasteiger partial charge in [0.2, 0.25) is 0 Å². The first-order chi connectivity index (χ1) is 8.18. The van der Waals surface area contributed by atoms with Gasteiger partial charge in [-0.1, -0.05) is 0 Å². The van der Waals surface area contributed by atoms with Gasteiger partial charge in [0, 0.05) is 30.2 Å². The molecule has 1 saturated heterocycles. The zero-order valence-corrected chi connectivity index (χ0v) is 10.5. The first-order valence-electron chi connectivity index (χ1n) is 5.70. The molecule has 1 amide bonds. The lowest BCUT2D eigenvalue weighted by Gasteiger charge is -2.23. The van der Waals surface area contributed by atoms with E-state index in [-0.39, 0.29) is 0 Å². The molecule has 1 aromatic carbocycles. The summed E-state index contributed by atoms with van der Waals surface area (Å²) in [6.07, 6.45) is 1.17. The van der Waals surface area contributed by atoms with Gasteiger partial charge in [0.15, 0.2) is 0 Å². The van der Waals surface area contributed by atoms with Crippen LogP contribution in [-0.4, -0.2) is 30.5 Å². The van der Waals surface area contributed by atoms with Crippen LogP contribution in [0.4, 0.5) is 11.4 Å². The third kappa shape index (κ3) is 2.85. The van der Waals surface area contributed by atoms with Crippen LogP contribution in [0.1, 0.15) is 16.8 Å². The molecule has 2 rings (SSSR count). The molecule has 0 unspecified atom stereocenters. The van der Waals surface area contributed by atoms with Crippen LogP contribution >= 0.6 is 11.8 Å². The number of nitrogens with two attached hydrogens (primary N) is 2. The summed E-state index contributed by atoms with van der Waals surface area (Å²) in [5.74, 6) is 1.86. The van der Waals surface area contributed by atoms with Crippen molar-refractivity contribution >= 4 is 29.0 Å². The Morgan fingerprint density at radius 2 is 2.12 bits per heavy atom. The fraction of sp³-hybridized carbons (Fsp3) is 0.417. The van der Waals surface area contributed by atoms with Crippen LogP contribution in [0.2, 0.25) is 0 Å². The van der Waals surface area contributed by atoms with Gasteiger partial charge in [0.25, 0.3) is 5.91 Å². The first-order valence-corrected chi connectivity index (χ1v) is 6.86. The molecule has 1 aliphatic rings. The van der Waals surface area contributed by atoms with Gasteiger partial charge in [0.1, 0.15) is 0 Å². The van der Waals surface area contributed by atoms with E-state index in [9.17, 15) is 4.79 Å². The molecule has 1 heterocycles. The zero-order valence-electron chi connectivity index (χ0n) is 9.69. The number of anilines is 2. The van der Waals surface area contributed by atoms with Crippen LogP contribution in [0.5, 0.6) is 0 Å². The Hall–Kier alpha value is -1.36. The summed E-state index contributed by atoms with van der Waals surface area (Å²) in [5.41, 5.74) is 12.9. The number of rotatable bonds is 2. The molecule has 0 aromatic heterocycles. The van der Waals surface area contributed by atoms with Gasteiger partial charge in [-0.2, -0.15) is 11.8 Å². The molecular formula is C12H17N3OS. The summed E-state index contributed by atoms with van der Waals surface area (Å²) >= 11 is 1.97. The molecule has 92 valence electrons. The standard InChI is InChI=1S/C12H17N3OS/c13-11-3-2-9(8-10(11)12(14)16)15-4-1-6-17-7-5-15/h2-3,8H,1,4-7,13H2,(H2,14,16). The van der Waals surface area contributed by atoms with E-state index in [1.807, 2.05) is 17.8 Å². The van der Waals surface area contributed by atoms with Gasteiger partial charge in [-0.05, 0) is 30.4 Å². The molecule has 4 N–H and O–H groups in total. The van der Waals surface area contributed by atoms with Gasteiger partial charge < -0.3 is 16.4 Å². The van der Waals surface area contributed by atoms with Crippen molar-refractivity contribution in [2.24, 2.45) is 5.73 Å². The smallest absolute Gasteiger partial charge is 0.250 e. The molecule has 0 saturated carbocycles. The van der Waals surface area contributed by atoms with E-state index >= 15 is 0 Å². The lowest BCUT2D eigenvalue weighted by atomic mass is 10.1. The van der Waals surface area contributed by atoms with Crippen LogP contribution in [-0.2, 0) is 0 Å². The molecule has 1 aliphatic heterocycles. The maximum Gasteiger partial charge on any atom is 0.250 e. The van der Waals surface area contributed by atoms with E-state index < -0.39 is 5.91 Å². The maximum atomic E-state index is 11.2. The summed E-state index contributed by atoms with van der Waals surface area (Å²) in [4.78, 5) is 13.5. The van der Waals surface area contributed by atoms with Gasteiger partial charge in [-0.25, -0.2) is 0 Å². The highest BCUT2D eigenvalue weighted by Gasteiger charge is 2.13. The van der Waals surface area contributed by atoms with Crippen molar-refractivity contribution in [1.82, 2.24) is 0 Å². The van der Waals surface area contributed by atoms with Crippen LogP contribution < -0.4 is 16.4 Å². The second kappa shape index (κ2) is 5.31. The number of nitrogen functional groups attached to an aromatic ring is 1. The van der Waals surface area contributed by atoms with Gasteiger partial charge in [-0.15, -0.1) is 0 Å². The van der Waals surface area contributed by atoms with E-state index in [1.54, 1.807) is 12.1 Å². The van der Waals surface area contributed by atoms with Crippen molar-refractivity contribution in [3.63, 3.8) is 0 Å². The van der Waals surface area contributed by atoms with E-state index in [2.05, 4.69) is 4.90 Å². The van der Waals surface area contributed by atoms with Gasteiger partial charge in [-0.3, -0.25) is 4.79 Å². The van der Waals surface area contributed by atoms with Gasteiger partial charge in [0.05, 0.1) is 5.56 Å². The molecule has 0 spiro atoms. The quantitative estimate of drug-likeness (QED) is 0.777. The number of hydrogen-bond donors (Lipinski definition) is 2. The lowest BCUT2D eigenvalue weighted by Crippen LogP contribution is -2.26. The zero-order chi connectivity index (χ0) is 12.3. The van der Waals surface area contributed by atoms with Gasteiger partial charge >= 0.3 is 0 Å². The SMILES string of the molecule is NC(=O)c1cc(N2CCCSCC2)ccc1N. The highest BCUT2D eigenvalue weighted by Crippen LogP contribution is 2.23. The van der Waals surface area contributed by atoms with Crippen molar-refractivity contribution in [3.05, 3.63) is 23.8 Å². The summed E-state index contributed by atoms with van der Waals surface area (Å²) in [6.45, 7) is 2.03. The Morgan fingerprint density at radius 1 is 1.29 bits per heavy atom. The highest BCUT2D eigenvalue weighted by atomic mass is 32.2. The second-order valence-electron chi connectivity index (χ2n) is 4.09. The van der Waals surface area contributed by atoms with Crippen LogP contribution in [0.15, 0.2) is 18.2 Å². The number of primary amides is 1. The molecule has 5 heteroatoms. The number of amides is 1. The topological polar surface area (TPSA) is 72.4 Å². The lowest BCUT2D eigenvalue weighted by molar-refractivity contribution is 0.100. The molecule has 0 atom stereocenters. The van der Waals surface area contributed by atoms with E-state index in [0.29, 0.717) is 11.3 Å². The van der Waals surface area contributed by atoms with E-state index in [4.69, 9.17) is 11.5 Å². The molecule has 17 heavy (non-hydrogen) atoms. The van der Waals surface area contributed by atoms with Crippen LogP contribution in [0, 0.1) is 0 Å². The van der Waals surface area contributed by atoms with E-state index in [1.165, 1.54) is 12.2 Å². The Balaban J connectivity index is 2.25. The minimum Gasteiger partial charge on any atom is -0.398 e. The minimum absolute atomic E-state index is 0.416. The average molecular weight is 251 g/mol. The third-order valence-electron chi connectivity index (χ3n) is 2.89. The van der Waals surface area contributed by atoms with Crippen molar-refractivity contribution in [1.29, 1.82) is 0 Å². The number of benzene rings is 1. The minimum atomic E-state index is -0.464. The molecule has 0 aliphatic carbocycles.